The molecule has 0 aliphatic heterocycles. The molecule has 1 aromatic heterocycles. The molecule has 0 saturated heterocycles. The van der Waals surface area contributed by atoms with Crippen LogP contribution in [0.25, 0.3) is 10.4 Å². The van der Waals surface area contributed by atoms with Gasteiger partial charge in [0.25, 0.3) is 0 Å². The van der Waals surface area contributed by atoms with Gasteiger partial charge in [-0.15, -0.1) is 11.3 Å². The fourth-order valence-electron chi connectivity index (χ4n) is 3.94. The monoisotopic (exact) mass is 400 g/mol. The molecule has 2 aromatic rings. The van der Waals surface area contributed by atoms with Crippen LogP contribution < -0.4 is 5.84 Å². The smallest absolute Gasteiger partial charge is 0.337 e. The van der Waals surface area contributed by atoms with Gasteiger partial charge < -0.3 is 5.11 Å². The molecule has 0 saturated carbocycles. The summed E-state index contributed by atoms with van der Waals surface area (Å²) in [6.45, 7) is 10.3. The van der Waals surface area contributed by atoms with Crippen LogP contribution >= 0.6 is 11.3 Å². The third kappa shape index (κ3) is 4.65. The molecule has 3 N–H and O–H groups in total. The van der Waals surface area contributed by atoms with Gasteiger partial charge in [-0.3, -0.25) is 5.84 Å². The summed E-state index contributed by atoms with van der Waals surface area (Å²) < 4.78 is 0. The Morgan fingerprint density at radius 1 is 1.32 bits per heavy atom. The highest BCUT2D eigenvalue weighted by molar-refractivity contribution is 7.16. The molecular formula is C23H32N2O2S. The molecule has 1 heterocycles. The molecule has 152 valence electrons. The molecule has 1 aliphatic rings. The average molecular weight is 401 g/mol. The van der Waals surface area contributed by atoms with E-state index >= 15 is 0 Å². The molecule has 4 nitrogen and oxygen atoms in total. The first-order chi connectivity index (χ1) is 13.2. The van der Waals surface area contributed by atoms with E-state index < -0.39 is 5.97 Å². The number of aromatic carboxylic acids is 1. The Kier molecular flexibility index (Phi) is 6.28. The van der Waals surface area contributed by atoms with Gasteiger partial charge >= 0.3 is 5.97 Å². The molecule has 0 amide bonds. The molecule has 0 radical (unpaired) electrons. The van der Waals surface area contributed by atoms with Crippen LogP contribution in [0.15, 0.2) is 24.3 Å². The number of carbonyl (C=O) groups is 1. The minimum absolute atomic E-state index is 0.153. The van der Waals surface area contributed by atoms with Gasteiger partial charge in [-0.1, -0.05) is 52.0 Å². The van der Waals surface area contributed by atoms with E-state index in [-0.39, 0.29) is 5.41 Å². The number of aryl methyl sites for hydroxylation is 1. The second-order valence-corrected chi connectivity index (χ2v) is 10.3. The van der Waals surface area contributed by atoms with E-state index in [0.29, 0.717) is 18.0 Å². The Hall–Kier alpha value is -1.69. The number of hydrogen-bond donors (Lipinski definition) is 2. The zero-order chi connectivity index (χ0) is 20.5. The zero-order valence-electron chi connectivity index (χ0n) is 17.4. The molecule has 1 aromatic carbocycles. The number of carboxylic acid groups (broad SMARTS) is 1. The van der Waals surface area contributed by atoms with E-state index in [1.54, 1.807) is 11.3 Å². The Labute approximate surface area is 172 Å². The Bertz CT molecular complexity index is 854. The lowest BCUT2D eigenvalue weighted by molar-refractivity contribution is 0.0696. The summed E-state index contributed by atoms with van der Waals surface area (Å²) in [7, 11) is 0. The highest BCUT2D eigenvalue weighted by Gasteiger charge is 2.33. The van der Waals surface area contributed by atoms with E-state index in [1.165, 1.54) is 4.88 Å². The Balaban J connectivity index is 1.99. The summed E-state index contributed by atoms with van der Waals surface area (Å²) in [4.78, 5) is 14.4. The topological polar surface area (TPSA) is 66.6 Å². The predicted octanol–water partition coefficient (Wildman–Crippen LogP) is 5.35. The summed E-state index contributed by atoms with van der Waals surface area (Å²) in [6, 6.07) is 8.10. The van der Waals surface area contributed by atoms with Crippen LogP contribution in [-0.2, 0) is 19.4 Å². The standard InChI is InChI=1S/C23H32N2O2S/c1-15(2)10-12-25(24)14-16-7-5-6-8-17(16)21-20(22(26)27)18-13-23(3,4)11-9-19(18)28-21/h5-8,15H,9-14,24H2,1-4H3,(H,26,27). The quantitative estimate of drug-likeness (QED) is 0.486. The van der Waals surface area contributed by atoms with Gasteiger partial charge in [0, 0.05) is 22.8 Å². The first-order valence-corrected chi connectivity index (χ1v) is 11.0. The lowest BCUT2D eigenvalue weighted by atomic mass is 9.76. The van der Waals surface area contributed by atoms with E-state index in [0.717, 1.165) is 53.8 Å². The molecule has 0 fully saturated rings. The highest BCUT2D eigenvalue weighted by atomic mass is 32.1. The van der Waals surface area contributed by atoms with Crippen molar-refractivity contribution in [2.75, 3.05) is 6.54 Å². The Morgan fingerprint density at radius 2 is 2.04 bits per heavy atom. The van der Waals surface area contributed by atoms with Crippen molar-refractivity contribution in [3.63, 3.8) is 0 Å². The summed E-state index contributed by atoms with van der Waals surface area (Å²) in [5.41, 5.74) is 3.81. The maximum absolute atomic E-state index is 12.2. The van der Waals surface area contributed by atoms with Crippen LogP contribution in [-0.4, -0.2) is 22.6 Å². The van der Waals surface area contributed by atoms with E-state index in [1.807, 2.05) is 23.2 Å². The molecule has 0 atom stereocenters. The summed E-state index contributed by atoms with van der Waals surface area (Å²) in [6.07, 6.45) is 3.95. The second kappa shape index (κ2) is 8.36. The molecule has 0 bridgehead atoms. The van der Waals surface area contributed by atoms with Crippen LogP contribution in [0.4, 0.5) is 0 Å². The lowest BCUT2D eigenvalue weighted by Gasteiger charge is -2.29. The van der Waals surface area contributed by atoms with E-state index in [9.17, 15) is 9.90 Å². The van der Waals surface area contributed by atoms with Crippen molar-refractivity contribution in [2.45, 2.75) is 59.9 Å². The van der Waals surface area contributed by atoms with Crippen molar-refractivity contribution in [2.24, 2.45) is 17.2 Å². The molecule has 0 unspecified atom stereocenters. The van der Waals surface area contributed by atoms with Gasteiger partial charge in [0.15, 0.2) is 0 Å². The Morgan fingerprint density at radius 3 is 2.71 bits per heavy atom. The SMILES string of the molecule is CC(C)CCN(N)Cc1ccccc1-c1sc2c(c1C(=O)O)CC(C)(C)CC2. The largest absolute Gasteiger partial charge is 0.478 e. The van der Waals surface area contributed by atoms with Crippen LogP contribution in [0, 0.1) is 11.3 Å². The summed E-state index contributed by atoms with van der Waals surface area (Å²) in [5, 5.41) is 11.9. The maximum Gasteiger partial charge on any atom is 0.337 e. The first kappa shape index (κ1) is 21.0. The number of carboxylic acids is 1. The molecule has 1 aliphatic carbocycles. The van der Waals surface area contributed by atoms with Gasteiger partial charge in [0.1, 0.15) is 0 Å². The van der Waals surface area contributed by atoms with Crippen LogP contribution in [0.3, 0.4) is 0 Å². The number of fused-ring (bicyclic) bond motifs is 1. The van der Waals surface area contributed by atoms with E-state index in [4.69, 9.17) is 5.84 Å². The van der Waals surface area contributed by atoms with Crippen LogP contribution in [0.1, 0.15) is 66.9 Å². The number of nitrogens with zero attached hydrogens (tertiary/aromatic N) is 1. The highest BCUT2D eigenvalue weighted by Crippen LogP contribution is 2.45. The van der Waals surface area contributed by atoms with Crippen molar-refractivity contribution in [1.29, 1.82) is 0 Å². The van der Waals surface area contributed by atoms with Crippen LogP contribution in [0.5, 0.6) is 0 Å². The number of hydrogen-bond acceptors (Lipinski definition) is 4. The maximum atomic E-state index is 12.2. The van der Waals surface area contributed by atoms with Gasteiger partial charge in [0.2, 0.25) is 0 Å². The average Bonchev–Trinajstić information content (AvgIpc) is 2.97. The minimum Gasteiger partial charge on any atom is -0.478 e. The zero-order valence-corrected chi connectivity index (χ0v) is 18.2. The normalized spacial score (nSPS) is 15.8. The van der Waals surface area contributed by atoms with Gasteiger partial charge in [-0.05, 0) is 53.7 Å². The molecule has 3 rings (SSSR count). The minimum atomic E-state index is -0.815. The molecular weight excluding hydrogens is 368 g/mol. The van der Waals surface area contributed by atoms with Gasteiger partial charge in [-0.25, -0.2) is 9.80 Å². The molecule has 5 heteroatoms. The third-order valence-corrected chi connectivity index (χ3v) is 6.94. The second-order valence-electron chi connectivity index (χ2n) is 9.16. The molecule has 28 heavy (non-hydrogen) atoms. The number of rotatable bonds is 7. The number of thiophene rings is 1. The van der Waals surface area contributed by atoms with Gasteiger partial charge in [-0.2, -0.15) is 0 Å². The molecule has 0 spiro atoms. The van der Waals surface area contributed by atoms with Gasteiger partial charge in [0.05, 0.1) is 5.56 Å². The first-order valence-electron chi connectivity index (χ1n) is 10.1. The predicted molar refractivity (Wildman–Crippen MR) is 117 cm³/mol. The number of nitrogens with two attached hydrogens (primary N) is 1. The third-order valence-electron chi connectivity index (χ3n) is 5.62. The number of benzene rings is 1. The lowest BCUT2D eigenvalue weighted by Crippen LogP contribution is -2.32. The fraction of sp³-hybridized carbons (Fsp3) is 0.522. The van der Waals surface area contributed by atoms with Crippen molar-refractivity contribution < 1.29 is 9.90 Å². The summed E-state index contributed by atoms with van der Waals surface area (Å²) in [5.74, 6) is 6.04. The van der Waals surface area contributed by atoms with E-state index in [2.05, 4.69) is 33.8 Å². The van der Waals surface area contributed by atoms with Crippen molar-refractivity contribution in [3.05, 3.63) is 45.8 Å². The van der Waals surface area contributed by atoms with Crippen molar-refractivity contribution >= 4 is 17.3 Å². The van der Waals surface area contributed by atoms with Crippen LogP contribution in [0.2, 0.25) is 0 Å². The van der Waals surface area contributed by atoms with Crippen molar-refractivity contribution in [1.82, 2.24) is 5.01 Å². The fourth-order valence-corrected chi connectivity index (χ4v) is 5.31. The summed E-state index contributed by atoms with van der Waals surface area (Å²) >= 11 is 1.66. The number of hydrazine groups is 1. The van der Waals surface area contributed by atoms with Crippen molar-refractivity contribution in [3.8, 4) is 10.4 Å².